The predicted octanol–water partition coefficient (Wildman–Crippen LogP) is -0.0269. The van der Waals surface area contributed by atoms with Gasteiger partial charge in [0.2, 0.25) is 0 Å². The van der Waals surface area contributed by atoms with Gasteiger partial charge < -0.3 is 15.0 Å². The van der Waals surface area contributed by atoms with E-state index in [2.05, 4.69) is 25.9 Å². The van der Waals surface area contributed by atoms with E-state index in [1.807, 2.05) is 0 Å². The Morgan fingerprint density at radius 2 is 2.00 bits per heavy atom. The average molecular weight is 189 g/mol. The molecule has 0 saturated carbocycles. The highest BCUT2D eigenvalue weighted by Crippen LogP contribution is 2.00. The van der Waals surface area contributed by atoms with Crippen molar-refractivity contribution in [2.24, 2.45) is 5.73 Å². The van der Waals surface area contributed by atoms with Gasteiger partial charge >= 0.3 is 5.97 Å². The van der Waals surface area contributed by atoms with E-state index in [1.165, 1.54) is 7.11 Å². The standard InChI is InChI=1S/C9H21N2O2/c1-11(2,3)7-5-6-8(10)9(12)13-4/h8H,5-7,10H2,1-4H3/q+1/t8-/m0/s1. The number of esters is 1. The molecule has 0 aliphatic carbocycles. The van der Waals surface area contributed by atoms with E-state index in [1.54, 1.807) is 0 Å². The van der Waals surface area contributed by atoms with Gasteiger partial charge in [-0.05, 0) is 12.8 Å². The lowest BCUT2D eigenvalue weighted by Crippen LogP contribution is -2.37. The molecular formula is C9H21N2O2+. The minimum atomic E-state index is -0.462. The molecule has 0 unspecified atom stereocenters. The van der Waals surface area contributed by atoms with Crippen LogP contribution < -0.4 is 5.73 Å². The maximum atomic E-state index is 10.9. The molecule has 0 aliphatic rings. The molecule has 0 rings (SSSR count). The molecule has 0 spiro atoms. The second kappa shape index (κ2) is 5.19. The van der Waals surface area contributed by atoms with E-state index in [0.717, 1.165) is 17.4 Å². The highest BCUT2D eigenvalue weighted by atomic mass is 16.5. The van der Waals surface area contributed by atoms with Crippen LogP contribution in [0.25, 0.3) is 0 Å². The third-order valence-corrected chi connectivity index (χ3v) is 1.85. The van der Waals surface area contributed by atoms with Crippen LogP contribution in [0.5, 0.6) is 0 Å². The van der Waals surface area contributed by atoms with Crippen LogP contribution in [-0.4, -0.2) is 51.3 Å². The zero-order valence-electron chi connectivity index (χ0n) is 9.04. The molecule has 78 valence electrons. The summed E-state index contributed by atoms with van der Waals surface area (Å²) < 4.78 is 5.42. The summed E-state index contributed by atoms with van der Waals surface area (Å²) >= 11 is 0. The Hall–Kier alpha value is -0.610. The molecule has 0 aromatic carbocycles. The molecule has 0 amide bonds. The van der Waals surface area contributed by atoms with Crippen molar-refractivity contribution < 1.29 is 14.0 Å². The van der Waals surface area contributed by atoms with Crippen molar-refractivity contribution in [2.75, 3.05) is 34.8 Å². The van der Waals surface area contributed by atoms with Gasteiger partial charge in [-0.3, -0.25) is 4.79 Å². The molecule has 4 nitrogen and oxygen atoms in total. The maximum absolute atomic E-state index is 10.9. The Bertz CT molecular complexity index is 163. The number of nitrogens with two attached hydrogens (primary N) is 1. The number of carbonyl (C=O) groups excluding carboxylic acids is 1. The van der Waals surface area contributed by atoms with E-state index >= 15 is 0 Å². The normalized spacial score (nSPS) is 13.9. The molecule has 1 atom stereocenters. The topological polar surface area (TPSA) is 52.3 Å². The Labute approximate surface area is 80.2 Å². The maximum Gasteiger partial charge on any atom is 0.322 e. The molecule has 0 bridgehead atoms. The summed E-state index contributed by atoms with van der Waals surface area (Å²) in [5.74, 6) is -0.318. The number of methoxy groups -OCH3 is 1. The Balaban J connectivity index is 3.59. The predicted molar refractivity (Wildman–Crippen MR) is 52.1 cm³/mol. The summed E-state index contributed by atoms with van der Waals surface area (Å²) in [6, 6.07) is -0.462. The fraction of sp³-hybridized carbons (Fsp3) is 0.889. The number of carbonyl (C=O) groups is 1. The second-order valence-corrected chi connectivity index (χ2v) is 4.29. The van der Waals surface area contributed by atoms with E-state index < -0.39 is 6.04 Å². The summed E-state index contributed by atoms with van der Waals surface area (Å²) in [6.07, 6.45) is 1.64. The summed E-state index contributed by atoms with van der Waals surface area (Å²) in [5.41, 5.74) is 5.58. The van der Waals surface area contributed by atoms with Crippen LogP contribution in [0.4, 0.5) is 0 Å². The van der Waals surface area contributed by atoms with Crippen LogP contribution in [0.3, 0.4) is 0 Å². The molecular weight excluding hydrogens is 168 g/mol. The quantitative estimate of drug-likeness (QED) is 0.488. The molecule has 0 fully saturated rings. The lowest BCUT2D eigenvalue weighted by Gasteiger charge is -2.24. The minimum Gasteiger partial charge on any atom is -0.468 e. The van der Waals surface area contributed by atoms with Gasteiger partial charge in [-0.15, -0.1) is 0 Å². The molecule has 2 N–H and O–H groups in total. The number of hydrogen-bond acceptors (Lipinski definition) is 3. The summed E-state index contributed by atoms with van der Waals surface area (Å²) in [5, 5.41) is 0. The first-order chi connectivity index (χ1) is 5.87. The van der Waals surface area contributed by atoms with Crippen molar-refractivity contribution in [2.45, 2.75) is 18.9 Å². The van der Waals surface area contributed by atoms with Crippen LogP contribution in [0.1, 0.15) is 12.8 Å². The monoisotopic (exact) mass is 189 g/mol. The highest BCUT2D eigenvalue weighted by Gasteiger charge is 2.15. The lowest BCUT2D eigenvalue weighted by atomic mass is 10.1. The first kappa shape index (κ1) is 12.4. The Morgan fingerprint density at radius 3 is 2.38 bits per heavy atom. The SMILES string of the molecule is COC(=O)[C@@H](N)CCC[N+](C)(C)C. The van der Waals surface area contributed by atoms with Gasteiger partial charge in [0.15, 0.2) is 0 Å². The van der Waals surface area contributed by atoms with Gasteiger partial charge in [-0.25, -0.2) is 0 Å². The Morgan fingerprint density at radius 1 is 1.46 bits per heavy atom. The molecule has 0 aliphatic heterocycles. The molecule has 0 aromatic rings. The van der Waals surface area contributed by atoms with Crippen molar-refractivity contribution in [3.8, 4) is 0 Å². The molecule has 0 radical (unpaired) electrons. The smallest absolute Gasteiger partial charge is 0.322 e. The van der Waals surface area contributed by atoms with Gasteiger partial charge in [0.1, 0.15) is 6.04 Å². The van der Waals surface area contributed by atoms with Crippen molar-refractivity contribution in [3.05, 3.63) is 0 Å². The van der Waals surface area contributed by atoms with Crippen molar-refractivity contribution in [3.63, 3.8) is 0 Å². The fourth-order valence-electron chi connectivity index (χ4n) is 1.05. The van der Waals surface area contributed by atoms with Crippen LogP contribution in [0.15, 0.2) is 0 Å². The number of quaternary nitrogens is 1. The van der Waals surface area contributed by atoms with Gasteiger partial charge in [-0.2, -0.15) is 0 Å². The van der Waals surface area contributed by atoms with E-state index in [-0.39, 0.29) is 5.97 Å². The zero-order valence-corrected chi connectivity index (χ0v) is 9.04. The van der Waals surface area contributed by atoms with E-state index in [9.17, 15) is 4.79 Å². The molecule has 0 heterocycles. The van der Waals surface area contributed by atoms with Crippen LogP contribution in [-0.2, 0) is 9.53 Å². The number of nitrogens with zero attached hydrogens (tertiary/aromatic N) is 1. The molecule has 4 heteroatoms. The third kappa shape index (κ3) is 6.54. The first-order valence-corrected chi connectivity index (χ1v) is 4.50. The summed E-state index contributed by atoms with van der Waals surface area (Å²) in [6.45, 7) is 1.02. The molecule has 0 aromatic heterocycles. The average Bonchev–Trinajstić information content (AvgIpc) is 2.00. The van der Waals surface area contributed by atoms with Gasteiger partial charge in [0.25, 0.3) is 0 Å². The fourth-order valence-corrected chi connectivity index (χ4v) is 1.05. The van der Waals surface area contributed by atoms with Crippen LogP contribution >= 0.6 is 0 Å². The van der Waals surface area contributed by atoms with Gasteiger partial charge in [-0.1, -0.05) is 0 Å². The third-order valence-electron chi connectivity index (χ3n) is 1.85. The minimum absolute atomic E-state index is 0.318. The van der Waals surface area contributed by atoms with Gasteiger partial charge in [0.05, 0.1) is 34.8 Å². The van der Waals surface area contributed by atoms with Crippen LogP contribution in [0.2, 0.25) is 0 Å². The van der Waals surface area contributed by atoms with Crippen molar-refractivity contribution >= 4 is 5.97 Å². The molecule has 0 saturated heterocycles. The second-order valence-electron chi connectivity index (χ2n) is 4.29. The van der Waals surface area contributed by atoms with E-state index in [4.69, 9.17) is 5.73 Å². The van der Waals surface area contributed by atoms with Crippen molar-refractivity contribution in [1.29, 1.82) is 0 Å². The number of hydrogen-bond donors (Lipinski definition) is 1. The summed E-state index contributed by atoms with van der Waals surface area (Å²) in [7, 11) is 7.71. The lowest BCUT2D eigenvalue weighted by molar-refractivity contribution is -0.870. The largest absolute Gasteiger partial charge is 0.468 e. The number of ether oxygens (including phenoxy) is 1. The van der Waals surface area contributed by atoms with Gasteiger partial charge in [0, 0.05) is 0 Å². The first-order valence-electron chi connectivity index (χ1n) is 4.50. The van der Waals surface area contributed by atoms with Crippen LogP contribution in [0, 0.1) is 0 Å². The Kier molecular flexibility index (Phi) is 4.95. The van der Waals surface area contributed by atoms with Crippen molar-refractivity contribution in [1.82, 2.24) is 0 Å². The molecule has 13 heavy (non-hydrogen) atoms. The summed E-state index contributed by atoms with van der Waals surface area (Å²) in [4.78, 5) is 10.9. The zero-order chi connectivity index (χ0) is 10.5. The van der Waals surface area contributed by atoms with E-state index in [0.29, 0.717) is 6.42 Å². The number of rotatable bonds is 5. The highest BCUT2D eigenvalue weighted by molar-refractivity contribution is 5.75.